The van der Waals surface area contributed by atoms with Gasteiger partial charge in [0.05, 0.1) is 13.1 Å². The van der Waals surface area contributed by atoms with Crippen molar-refractivity contribution in [2.24, 2.45) is 0 Å². The molecule has 0 amide bonds. The summed E-state index contributed by atoms with van der Waals surface area (Å²) in [6.45, 7) is 8.22. The van der Waals surface area contributed by atoms with Crippen molar-refractivity contribution in [1.29, 1.82) is 0 Å². The first-order valence-corrected chi connectivity index (χ1v) is 7.79. The van der Waals surface area contributed by atoms with Crippen LogP contribution in [0.1, 0.15) is 37.9 Å². The van der Waals surface area contributed by atoms with Crippen molar-refractivity contribution < 1.29 is 4.42 Å². The molecule has 0 spiro atoms. The van der Waals surface area contributed by atoms with Crippen LogP contribution in [-0.2, 0) is 19.5 Å². The van der Waals surface area contributed by atoms with Crippen molar-refractivity contribution >= 4 is 5.69 Å². The highest BCUT2D eigenvalue weighted by atomic mass is 16.3. The van der Waals surface area contributed by atoms with Gasteiger partial charge in [0.25, 0.3) is 0 Å². The molecular weight excluding hydrogens is 260 g/mol. The molecule has 0 aliphatic carbocycles. The third kappa shape index (κ3) is 3.13. The van der Waals surface area contributed by atoms with Gasteiger partial charge in [-0.1, -0.05) is 32.0 Å². The highest BCUT2D eigenvalue weighted by molar-refractivity contribution is 5.59. The molecule has 0 saturated heterocycles. The monoisotopic (exact) mass is 284 g/mol. The third-order valence-corrected chi connectivity index (χ3v) is 4.08. The van der Waals surface area contributed by atoms with Crippen molar-refractivity contribution in [3.05, 3.63) is 53.5 Å². The van der Waals surface area contributed by atoms with Crippen LogP contribution in [0, 0.1) is 0 Å². The van der Waals surface area contributed by atoms with Crippen LogP contribution in [0.4, 0.5) is 5.69 Å². The van der Waals surface area contributed by atoms with Gasteiger partial charge in [-0.05, 0) is 37.1 Å². The maximum Gasteiger partial charge on any atom is 0.123 e. The molecule has 1 aromatic heterocycles. The molecule has 1 N–H and O–H groups in total. The lowest BCUT2D eigenvalue weighted by molar-refractivity contribution is 0.429. The number of rotatable bonds is 5. The zero-order valence-electron chi connectivity index (χ0n) is 13.1. The zero-order valence-corrected chi connectivity index (χ0v) is 13.1. The minimum Gasteiger partial charge on any atom is -0.463 e. The van der Waals surface area contributed by atoms with E-state index in [0.717, 1.165) is 31.0 Å². The molecule has 0 bridgehead atoms. The molecule has 112 valence electrons. The summed E-state index contributed by atoms with van der Waals surface area (Å²) in [7, 11) is 0. The summed E-state index contributed by atoms with van der Waals surface area (Å²) in [4.78, 5) is 2.44. The summed E-state index contributed by atoms with van der Waals surface area (Å²) in [5, 5.41) is 3.39. The fourth-order valence-electron chi connectivity index (χ4n) is 2.95. The molecule has 2 aromatic rings. The van der Waals surface area contributed by atoms with Crippen LogP contribution in [0.25, 0.3) is 0 Å². The van der Waals surface area contributed by atoms with E-state index in [1.165, 1.54) is 11.3 Å². The summed E-state index contributed by atoms with van der Waals surface area (Å²) in [5.41, 5.74) is 2.79. The Labute approximate surface area is 127 Å². The van der Waals surface area contributed by atoms with E-state index in [1.54, 1.807) is 0 Å². The predicted octanol–water partition coefficient (Wildman–Crippen LogP) is 3.73. The Bertz CT molecular complexity index is 603. The molecule has 1 atom stereocenters. The van der Waals surface area contributed by atoms with Gasteiger partial charge in [-0.2, -0.15) is 0 Å². The third-order valence-electron chi connectivity index (χ3n) is 4.08. The van der Waals surface area contributed by atoms with Gasteiger partial charge < -0.3 is 14.6 Å². The standard InChI is InChI=1S/C18H24N2O/c1-13(2)19-11-16-8-9-17(21-16)12-20-14(3)10-15-6-4-5-7-18(15)20/h4-9,13-14,19H,10-12H2,1-3H3. The summed E-state index contributed by atoms with van der Waals surface area (Å²) in [6, 6.07) is 13.9. The van der Waals surface area contributed by atoms with E-state index in [9.17, 15) is 0 Å². The average Bonchev–Trinajstić information content (AvgIpc) is 3.02. The molecule has 21 heavy (non-hydrogen) atoms. The molecule has 1 unspecified atom stereocenters. The molecule has 0 fully saturated rings. The van der Waals surface area contributed by atoms with Gasteiger partial charge in [0.2, 0.25) is 0 Å². The molecule has 1 aliphatic rings. The second-order valence-electron chi connectivity index (χ2n) is 6.21. The topological polar surface area (TPSA) is 28.4 Å². The molecule has 3 rings (SSSR count). The molecular formula is C18H24N2O. The van der Waals surface area contributed by atoms with E-state index in [0.29, 0.717) is 12.1 Å². The summed E-state index contributed by atoms with van der Waals surface area (Å²) < 4.78 is 5.96. The van der Waals surface area contributed by atoms with Crippen molar-refractivity contribution in [3.8, 4) is 0 Å². The van der Waals surface area contributed by atoms with Gasteiger partial charge >= 0.3 is 0 Å². The van der Waals surface area contributed by atoms with Crippen molar-refractivity contribution in [3.63, 3.8) is 0 Å². The quantitative estimate of drug-likeness (QED) is 0.907. The maximum absolute atomic E-state index is 5.96. The lowest BCUT2D eigenvalue weighted by atomic mass is 10.1. The van der Waals surface area contributed by atoms with E-state index in [4.69, 9.17) is 4.42 Å². The largest absolute Gasteiger partial charge is 0.463 e. The van der Waals surface area contributed by atoms with Gasteiger partial charge in [0.1, 0.15) is 11.5 Å². The molecule has 2 heterocycles. The van der Waals surface area contributed by atoms with Crippen LogP contribution in [0.15, 0.2) is 40.8 Å². The van der Waals surface area contributed by atoms with Gasteiger partial charge in [-0.25, -0.2) is 0 Å². The normalized spacial score (nSPS) is 17.5. The number of benzene rings is 1. The van der Waals surface area contributed by atoms with E-state index in [-0.39, 0.29) is 0 Å². The van der Waals surface area contributed by atoms with Gasteiger partial charge in [0.15, 0.2) is 0 Å². The maximum atomic E-state index is 5.96. The van der Waals surface area contributed by atoms with E-state index < -0.39 is 0 Å². The first-order valence-electron chi connectivity index (χ1n) is 7.79. The van der Waals surface area contributed by atoms with Gasteiger partial charge in [-0.15, -0.1) is 0 Å². The molecule has 0 radical (unpaired) electrons. The number of para-hydroxylation sites is 1. The number of hydrogen-bond donors (Lipinski definition) is 1. The number of hydrogen-bond acceptors (Lipinski definition) is 3. The van der Waals surface area contributed by atoms with E-state index in [1.807, 2.05) is 0 Å². The van der Waals surface area contributed by atoms with Crippen LogP contribution < -0.4 is 10.2 Å². The zero-order chi connectivity index (χ0) is 14.8. The molecule has 3 nitrogen and oxygen atoms in total. The second-order valence-corrected chi connectivity index (χ2v) is 6.21. The smallest absolute Gasteiger partial charge is 0.123 e. The Morgan fingerprint density at radius 1 is 1.19 bits per heavy atom. The number of nitrogens with one attached hydrogen (secondary N) is 1. The SMILES string of the molecule is CC(C)NCc1ccc(CN2c3ccccc3CC2C)o1. The van der Waals surface area contributed by atoms with Crippen LogP contribution in [0.3, 0.4) is 0 Å². The average molecular weight is 284 g/mol. The highest BCUT2D eigenvalue weighted by Crippen LogP contribution is 2.33. The summed E-state index contributed by atoms with van der Waals surface area (Å²) in [5.74, 6) is 2.05. The lowest BCUT2D eigenvalue weighted by Crippen LogP contribution is -2.28. The van der Waals surface area contributed by atoms with Crippen molar-refractivity contribution in [2.45, 2.75) is 52.4 Å². The van der Waals surface area contributed by atoms with Crippen molar-refractivity contribution in [1.82, 2.24) is 5.32 Å². The van der Waals surface area contributed by atoms with Gasteiger partial charge in [-0.3, -0.25) is 0 Å². The first-order chi connectivity index (χ1) is 10.1. The van der Waals surface area contributed by atoms with Crippen LogP contribution >= 0.6 is 0 Å². The van der Waals surface area contributed by atoms with E-state index >= 15 is 0 Å². The molecule has 1 aromatic carbocycles. The Balaban J connectivity index is 1.69. The predicted molar refractivity (Wildman–Crippen MR) is 86.5 cm³/mol. The second kappa shape index (κ2) is 5.94. The Morgan fingerprint density at radius 3 is 2.76 bits per heavy atom. The first kappa shape index (κ1) is 14.2. The van der Waals surface area contributed by atoms with Crippen LogP contribution in [0.2, 0.25) is 0 Å². The van der Waals surface area contributed by atoms with E-state index in [2.05, 4.69) is 67.4 Å². The highest BCUT2D eigenvalue weighted by Gasteiger charge is 2.26. The molecule has 1 aliphatic heterocycles. The minimum atomic E-state index is 0.476. The Morgan fingerprint density at radius 2 is 1.95 bits per heavy atom. The van der Waals surface area contributed by atoms with Crippen LogP contribution in [-0.4, -0.2) is 12.1 Å². The molecule has 3 heteroatoms. The fourth-order valence-corrected chi connectivity index (χ4v) is 2.95. The minimum absolute atomic E-state index is 0.476. The number of nitrogens with zero attached hydrogens (tertiary/aromatic N) is 1. The number of furan rings is 1. The Hall–Kier alpha value is -1.74. The van der Waals surface area contributed by atoms with Gasteiger partial charge in [0, 0.05) is 17.8 Å². The number of fused-ring (bicyclic) bond motifs is 1. The van der Waals surface area contributed by atoms with Crippen LogP contribution in [0.5, 0.6) is 0 Å². The fraction of sp³-hybridized carbons (Fsp3) is 0.444. The Kier molecular flexibility index (Phi) is 4.02. The number of anilines is 1. The summed E-state index contributed by atoms with van der Waals surface area (Å²) >= 11 is 0. The lowest BCUT2D eigenvalue weighted by Gasteiger charge is -2.23. The van der Waals surface area contributed by atoms with Crippen molar-refractivity contribution in [2.75, 3.05) is 4.90 Å². The molecule has 0 saturated carbocycles. The summed E-state index contributed by atoms with van der Waals surface area (Å²) in [6.07, 6.45) is 1.12.